The van der Waals surface area contributed by atoms with Crippen LogP contribution < -0.4 is 4.90 Å². The molecule has 49 heavy (non-hydrogen) atoms. The molecular formula is C46H31N3. The molecule has 0 aliphatic heterocycles. The van der Waals surface area contributed by atoms with E-state index >= 15 is 0 Å². The van der Waals surface area contributed by atoms with Gasteiger partial charge >= 0.3 is 0 Å². The van der Waals surface area contributed by atoms with Gasteiger partial charge in [0.15, 0.2) is 0 Å². The maximum absolute atomic E-state index is 5.12. The summed E-state index contributed by atoms with van der Waals surface area (Å²) < 4.78 is 2.36. The Bertz CT molecular complexity index is 2800. The van der Waals surface area contributed by atoms with Gasteiger partial charge in [0.1, 0.15) is 5.65 Å². The molecule has 2 aromatic heterocycles. The highest BCUT2D eigenvalue weighted by atomic mass is 15.1. The molecule has 10 rings (SSSR count). The fourth-order valence-corrected chi connectivity index (χ4v) is 7.65. The number of hydrogen-bond donors (Lipinski definition) is 0. The zero-order valence-corrected chi connectivity index (χ0v) is 26.8. The number of nitrogens with zero attached hydrogens (tertiary/aromatic N) is 3. The van der Waals surface area contributed by atoms with E-state index in [1.54, 1.807) is 0 Å². The lowest BCUT2D eigenvalue weighted by atomic mass is 9.95. The summed E-state index contributed by atoms with van der Waals surface area (Å²) in [5.74, 6) is 0. The van der Waals surface area contributed by atoms with E-state index in [0.717, 1.165) is 34.5 Å². The number of anilines is 3. The monoisotopic (exact) mass is 625 g/mol. The standard InChI is InChI=1S/C46H31N3/c1-3-14-36(15-4-1)48(43-21-11-13-31-12-7-8-16-38(31)43)37-26-24-33-28-32(22-23-34(33)29-37)35-25-27-40-41(30-35)39-17-5-2-6-19-44(39)49-45-20-10-9-18-42(45)47-46(40)49/h1-18,20-30H,19H2. The van der Waals surface area contributed by atoms with Gasteiger partial charge in [0.05, 0.1) is 16.7 Å². The van der Waals surface area contributed by atoms with Crippen molar-refractivity contribution >= 4 is 72.1 Å². The molecule has 2 heterocycles. The minimum atomic E-state index is 0.858. The minimum absolute atomic E-state index is 0.858. The van der Waals surface area contributed by atoms with Crippen molar-refractivity contribution in [3.8, 4) is 11.1 Å². The van der Waals surface area contributed by atoms with Gasteiger partial charge < -0.3 is 4.90 Å². The molecular weight excluding hydrogens is 595 g/mol. The first-order valence-electron chi connectivity index (χ1n) is 16.9. The quantitative estimate of drug-likeness (QED) is 0.194. The summed E-state index contributed by atoms with van der Waals surface area (Å²) in [6, 6.07) is 54.8. The third-order valence-electron chi connectivity index (χ3n) is 9.95. The van der Waals surface area contributed by atoms with Crippen LogP contribution in [-0.4, -0.2) is 9.38 Å². The van der Waals surface area contributed by atoms with Gasteiger partial charge in [0, 0.05) is 39.8 Å². The molecule has 3 nitrogen and oxygen atoms in total. The van der Waals surface area contributed by atoms with E-state index in [2.05, 4.69) is 185 Å². The van der Waals surface area contributed by atoms with E-state index < -0.39 is 0 Å². The number of fused-ring (bicyclic) bond motifs is 10. The molecule has 3 heteroatoms. The fourth-order valence-electron chi connectivity index (χ4n) is 7.65. The average molecular weight is 626 g/mol. The first kappa shape index (κ1) is 27.6. The fraction of sp³-hybridized carbons (Fsp3) is 0.0217. The number of aromatic nitrogens is 2. The number of hydrogen-bond acceptors (Lipinski definition) is 2. The Morgan fingerprint density at radius 2 is 1.31 bits per heavy atom. The summed E-state index contributed by atoms with van der Waals surface area (Å²) in [5.41, 5.74) is 11.6. The molecule has 230 valence electrons. The molecule has 0 N–H and O–H groups in total. The second kappa shape index (κ2) is 11.1. The van der Waals surface area contributed by atoms with Crippen LogP contribution in [0.25, 0.3) is 66.2 Å². The maximum atomic E-state index is 5.12. The summed E-state index contributed by atoms with van der Waals surface area (Å²) in [7, 11) is 0. The highest BCUT2D eigenvalue weighted by Crippen LogP contribution is 2.41. The Morgan fingerprint density at radius 1 is 0.531 bits per heavy atom. The number of rotatable bonds is 4. The second-order valence-electron chi connectivity index (χ2n) is 12.8. The Balaban J connectivity index is 1.11. The minimum Gasteiger partial charge on any atom is -0.310 e. The van der Waals surface area contributed by atoms with E-state index in [-0.39, 0.29) is 0 Å². The Kier molecular flexibility index (Phi) is 6.25. The Morgan fingerprint density at radius 3 is 2.27 bits per heavy atom. The second-order valence-corrected chi connectivity index (χ2v) is 12.8. The van der Waals surface area contributed by atoms with Crippen molar-refractivity contribution < 1.29 is 0 Å². The van der Waals surface area contributed by atoms with Crippen molar-refractivity contribution in [1.29, 1.82) is 0 Å². The predicted molar refractivity (Wildman–Crippen MR) is 207 cm³/mol. The Labute approximate surface area is 284 Å². The highest BCUT2D eigenvalue weighted by Gasteiger charge is 2.19. The summed E-state index contributed by atoms with van der Waals surface area (Å²) in [4.78, 5) is 7.49. The number of para-hydroxylation sites is 3. The lowest BCUT2D eigenvalue weighted by Crippen LogP contribution is -2.10. The van der Waals surface area contributed by atoms with Crippen molar-refractivity contribution in [3.63, 3.8) is 0 Å². The van der Waals surface area contributed by atoms with Gasteiger partial charge in [-0.25, -0.2) is 4.98 Å². The number of benzene rings is 7. The van der Waals surface area contributed by atoms with Crippen molar-refractivity contribution in [2.75, 3.05) is 4.90 Å². The van der Waals surface area contributed by atoms with Crippen molar-refractivity contribution in [2.45, 2.75) is 6.42 Å². The van der Waals surface area contributed by atoms with Crippen LogP contribution in [0.2, 0.25) is 0 Å². The van der Waals surface area contributed by atoms with Crippen LogP contribution in [0, 0.1) is 0 Å². The normalized spacial score (nSPS) is 12.7. The van der Waals surface area contributed by atoms with Crippen molar-refractivity contribution in [3.05, 3.63) is 181 Å². The number of pyridine rings is 1. The summed E-state index contributed by atoms with van der Waals surface area (Å²) in [6.07, 6.45) is 9.67. The van der Waals surface area contributed by atoms with Crippen LogP contribution >= 0.6 is 0 Å². The molecule has 0 spiro atoms. The van der Waals surface area contributed by atoms with Crippen LogP contribution in [0.3, 0.4) is 0 Å². The van der Waals surface area contributed by atoms with Gasteiger partial charge in [-0.3, -0.25) is 4.40 Å². The summed E-state index contributed by atoms with van der Waals surface area (Å²) in [6.45, 7) is 0. The van der Waals surface area contributed by atoms with Crippen LogP contribution in [0.5, 0.6) is 0 Å². The summed E-state index contributed by atoms with van der Waals surface area (Å²) in [5, 5.41) is 7.28. The first-order valence-corrected chi connectivity index (χ1v) is 16.9. The smallest absolute Gasteiger partial charge is 0.146 e. The number of allylic oxidation sites excluding steroid dienone is 3. The van der Waals surface area contributed by atoms with Gasteiger partial charge in [-0.15, -0.1) is 0 Å². The molecule has 0 saturated heterocycles. The lowest BCUT2D eigenvalue weighted by molar-refractivity contribution is 1.06. The van der Waals surface area contributed by atoms with Crippen molar-refractivity contribution in [1.82, 2.24) is 9.38 Å². The molecule has 9 aromatic rings. The van der Waals surface area contributed by atoms with Crippen LogP contribution in [-0.2, 0) is 6.42 Å². The highest BCUT2D eigenvalue weighted by molar-refractivity contribution is 6.06. The Hall–Kier alpha value is -6.45. The van der Waals surface area contributed by atoms with Crippen LogP contribution in [0.4, 0.5) is 17.1 Å². The number of imidazole rings is 1. The zero-order chi connectivity index (χ0) is 32.3. The van der Waals surface area contributed by atoms with E-state index in [0.29, 0.717) is 0 Å². The largest absolute Gasteiger partial charge is 0.310 e. The maximum Gasteiger partial charge on any atom is 0.146 e. The van der Waals surface area contributed by atoms with Gasteiger partial charge in [-0.05, 0) is 93.3 Å². The molecule has 0 atom stereocenters. The topological polar surface area (TPSA) is 20.5 Å². The van der Waals surface area contributed by atoms with E-state index in [1.807, 2.05) is 0 Å². The van der Waals surface area contributed by atoms with Crippen molar-refractivity contribution in [2.24, 2.45) is 0 Å². The molecule has 1 aliphatic carbocycles. The molecule has 1 aliphatic rings. The van der Waals surface area contributed by atoms with Gasteiger partial charge in [-0.1, -0.05) is 115 Å². The third kappa shape index (κ3) is 4.47. The predicted octanol–water partition coefficient (Wildman–Crippen LogP) is 12.2. The van der Waals surface area contributed by atoms with Gasteiger partial charge in [-0.2, -0.15) is 0 Å². The molecule has 0 unspecified atom stereocenters. The van der Waals surface area contributed by atoms with E-state index in [9.17, 15) is 0 Å². The molecule has 0 fully saturated rings. The SMILES string of the molecule is C1=CCc2c(c3cc(-c4ccc5cc(N(c6ccccc6)c6cccc7ccccc67)ccc5c4)ccc3c3nc4ccccc4n23)C=C1. The van der Waals surface area contributed by atoms with E-state index in [4.69, 9.17) is 4.98 Å². The molecule has 0 amide bonds. The summed E-state index contributed by atoms with van der Waals surface area (Å²) >= 11 is 0. The molecule has 0 radical (unpaired) electrons. The van der Waals surface area contributed by atoms with Gasteiger partial charge in [0.2, 0.25) is 0 Å². The molecule has 0 bridgehead atoms. The molecule has 0 saturated carbocycles. The van der Waals surface area contributed by atoms with Crippen LogP contribution in [0.1, 0.15) is 11.3 Å². The first-order chi connectivity index (χ1) is 24.3. The molecule has 7 aromatic carbocycles. The zero-order valence-electron chi connectivity index (χ0n) is 26.8. The lowest BCUT2D eigenvalue weighted by Gasteiger charge is -2.27. The van der Waals surface area contributed by atoms with Crippen LogP contribution in [0.15, 0.2) is 170 Å². The van der Waals surface area contributed by atoms with E-state index in [1.165, 1.54) is 60.4 Å². The van der Waals surface area contributed by atoms with Gasteiger partial charge in [0.25, 0.3) is 0 Å². The average Bonchev–Trinajstić information content (AvgIpc) is 3.38. The third-order valence-corrected chi connectivity index (χ3v) is 9.95.